The summed E-state index contributed by atoms with van der Waals surface area (Å²) in [7, 11) is 0. The maximum absolute atomic E-state index is 12.4. The molecule has 0 aliphatic carbocycles. The third-order valence-electron chi connectivity index (χ3n) is 4.15. The second kappa shape index (κ2) is 7.57. The molecule has 0 spiro atoms. The van der Waals surface area contributed by atoms with E-state index in [1.54, 1.807) is 12.3 Å². The number of aromatic nitrogens is 1. The van der Waals surface area contributed by atoms with Crippen LogP contribution in [-0.2, 0) is 4.79 Å². The predicted molar refractivity (Wildman–Crippen MR) is 95.6 cm³/mol. The molecule has 124 valence electrons. The smallest absolute Gasteiger partial charge is 0.253 e. The van der Waals surface area contributed by atoms with E-state index in [0.717, 1.165) is 4.47 Å². The molecule has 0 saturated carbocycles. The first kappa shape index (κ1) is 16.6. The van der Waals surface area contributed by atoms with Crippen LogP contribution in [0.2, 0.25) is 0 Å². The van der Waals surface area contributed by atoms with Gasteiger partial charge in [0.1, 0.15) is 5.82 Å². The van der Waals surface area contributed by atoms with Gasteiger partial charge >= 0.3 is 0 Å². The number of hydrogen-bond donors (Lipinski definition) is 1. The van der Waals surface area contributed by atoms with Gasteiger partial charge in [-0.15, -0.1) is 0 Å². The van der Waals surface area contributed by atoms with Crippen molar-refractivity contribution in [1.82, 2.24) is 9.88 Å². The summed E-state index contributed by atoms with van der Waals surface area (Å²) in [6, 6.07) is 12.8. The maximum atomic E-state index is 12.4. The van der Waals surface area contributed by atoms with Crippen molar-refractivity contribution in [3.8, 4) is 0 Å². The van der Waals surface area contributed by atoms with Gasteiger partial charge in [0.15, 0.2) is 0 Å². The number of anilines is 1. The summed E-state index contributed by atoms with van der Waals surface area (Å²) in [6.07, 6.45) is 2.98. The number of rotatable bonds is 3. The van der Waals surface area contributed by atoms with Crippen molar-refractivity contribution in [2.24, 2.45) is 5.92 Å². The zero-order chi connectivity index (χ0) is 16.9. The van der Waals surface area contributed by atoms with Gasteiger partial charge in [-0.25, -0.2) is 4.98 Å². The molecule has 1 aromatic carbocycles. The number of hydrogen-bond acceptors (Lipinski definition) is 3. The van der Waals surface area contributed by atoms with Gasteiger partial charge in [0, 0.05) is 35.2 Å². The third kappa shape index (κ3) is 4.00. The molecule has 2 aromatic rings. The zero-order valence-corrected chi connectivity index (χ0v) is 14.7. The van der Waals surface area contributed by atoms with E-state index in [9.17, 15) is 9.59 Å². The van der Waals surface area contributed by atoms with Gasteiger partial charge in [-0.05, 0) is 53.0 Å². The van der Waals surface area contributed by atoms with Crippen LogP contribution in [0.3, 0.4) is 0 Å². The first-order valence-electron chi connectivity index (χ1n) is 7.90. The summed E-state index contributed by atoms with van der Waals surface area (Å²) in [4.78, 5) is 30.7. The Hall–Kier alpha value is -2.21. The van der Waals surface area contributed by atoms with Crippen molar-refractivity contribution in [3.05, 3.63) is 58.7 Å². The van der Waals surface area contributed by atoms with Crippen LogP contribution in [0.15, 0.2) is 53.1 Å². The van der Waals surface area contributed by atoms with E-state index in [-0.39, 0.29) is 17.7 Å². The van der Waals surface area contributed by atoms with Crippen LogP contribution in [0.1, 0.15) is 23.2 Å². The van der Waals surface area contributed by atoms with E-state index >= 15 is 0 Å². The summed E-state index contributed by atoms with van der Waals surface area (Å²) in [5.41, 5.74) is 0.694. The lowest BCUT2D eigenvalue weighted by atomic mass is 9.95. The summed E-state index contributed by atoms with van der Waals surface area (Å²) >= 11 is 3.31. The van der Waals surface area contributed by atoms with Crippen LogP contribution in [0.5, 0.6) is 0 Å². The highest BCUT2D eigenvalue weighted by Crippen LogP contribution is 2.21. The minimum atomic E-state index is -0.0877. The Bertz CT molecular complexity index is 711. The number of nitrogens with zero attached hydrogens (tertiary/aromatic N) is 2. The molecule has 1 N–H and O–H groups in total. The molecular formula is C18H18BrN3O2. The fourth-order valence-corrected chi connectivity index (χ4v) is 3.02. The molecule has 1 saturated heterocycles. The van der Waals surface area contributed by atoms with Gasteiger partial charge in [-0.3, -0.25) is 9.59 Å². The molecule has 2 heterocycles. The Morgan fingerprint density at radius 3 is 2.42 bits per heavy atom. The number of nitrogens with one attached hydrogen (secondary N) is 1. The fraction of sp³-hybridized carbons (Fsp3) is 0.278. The molecule has 0 bridgehead atoms. The molecule has 5 nitrogen and oxygen atoms in total. The Balaban J connectivity index is 1.54. The van der Waals surface area contributed by atoms with Crippen molar-refractivity contribution in [2.75, 3.05) is 18.4 Å². The van der Waals surface area contributed by atoms with Gasteiger partial charge in [0.2, 0.25) is 5.91 Å². The number of benzene rings is 1. The normalized spacial score (nSPS) is 15.1. The molecule has 0 radical (unpaired) electrons. The maximum Gasteiger partial charge on any atom is 0.253 e. The highest BCUT2D eigenvalue weighted by atomic mass is 79.9. The molecule has 3 rings (SSSR count). The van der Waals surface area contributed by atoms with Crippen molar-refractivity contribution >= 4 is 33.6 Å². The quantitative estimate of drug-likeness (QED) is 0.878. The van der Waals surface area contributed by atoms with Crippen LogP contribution >= 0.6 is 15.9 Å². The minimum absolute atomic E-state index is 0.0309. The molecule has 0 unspecified atom stereocenters. The average molecular weight is 388 g/mol. The van der Waals surface area contributed by atoms with E-state index in [1.807, 2.05) is 41.3 Å². The second-order valence-corrected chi connectivity index (χ2v) is 6.70. The number of amides is 2. The molecule has 6 heteroatoms. The van der Waals surface area contributed by atoms with Gasteiger partial charge in [0.05, 0.1) is 0 Å². The van der Waals surface area contributed by atoms with Crippen LogP contribution in [0.25, 0.3) is 0 Å². The van der Waals surface area contributed by atoms with E-state index < -0.39 is 0 Å². The van der Waals surface area contributed by atoms with Crippen molar-refractivity contribution in [2.45, 2.75) is 12.8 Å². The third-order valence-corrected chi connectivity index (χ3v) is 4.62. The SMILES string of the molecule is O=C(Nc1ccc(Br)cn1)C1CCN(C(=O)c2ccccc2)CC1. The zero-order valence-electron chi connectivity index (χ0n) is 13.1. The number of carbonyl (C=O) groups is 2. The largest absolute Gasteiger partial charge is 0.339 e. The first-order valence-corrected chi connectivity index (χ1v) is 8.69. The predicted octanol–water partition coefficient (Wildman–Crippen LogP) is 3.34. The van der Waals surface area contributed by atoms with Crippen molar-refractivity contribution in [1.29, 1.82) is 0 Å². The van der Waals surface area contributed by atoms with Crippen LogP contribution in [0.4, 0.5) is 5.82 Å². The van der Waals surface area contributed by atoms with Crippen molar-refractivity contribution < 1.29 is 9.59 Å². The van der Waals surface area contributed by atoms with Crippen LogP contribution in [0, 0.1) is 5.92 Å². The van der Waals surface area contributed by atoms with E-state index in [0.29, 0.717) is 37.3 Å². The lowest BCUT2D eigenvalue weighted by Gasteiger charge is -2.31. The van der Waals surface area contributed by atoms with Gasteiger partial charge in [0.25, 0.3) is 5.91 Å². The van der Waals surface area contributed by atoms with Gasteiger partial charge < -0.3 is 10.2 Å². The molecule has 2 amide bonds. The molecule has 1 aromatic heterocycles. The van der Waals surface area contributed by atoms with E-state index in [1.165, 1.54) is 0 Å². The van der Waals surface area contributed by atoms with Gasteiger partial charge in [-0.2, -0.15) is 0 Å². The Morgan fingerprint density at radius 2 is 1.79 bits per heavy atom. The monoisotopic (exact) mass is 387 g/mol. The molecule has 1 fully saturated rings. The van der Waals surface area contributed by atoms with Crippen LogP contribution in [-0.4, -0.2) is 34.8 Å². The van der Waals surface area contributed by atoms with E-state index in [2.05, 4.69) is 26.2 Å². The lowest BCUT2D eigenvalue weighted by Crippen LogP contribution is -2.41. The number of pyridine rings is 1. The summed E-state index contributed by atoms with van der Waals surface area (Å²) in [6.45, 7) is 1.19. The molecule has 0 atom stereocenters. The Kier molecular flexibility index (Phi) is 5.25. The highest BCUT2D eigenvalue weighted by molar-refractivity contribution is 9.10. The summed E-state index contributed by atoms with van der Waals surface area (Å²) < 4.78 is 0.869. The van der Waals surface area contributed by atoms with Crippen molar-refractivity contribution in [3.63, 3.8) is 0 Å². The average Bonchev–Trinajstić information content (AvgIpc) is 2.64. The lowest BCUT2D eigenvalue weighted by molar-refractivity contribution is -0.121. The number of piperidine rings is 1. The summed E-state index contributed by atoms with van der Waals surface area (Å²) in [5, 5.41) is 2.84. The summed E-state index contributed by atoms with van der Waals surface area (Å²) in [5.74, 6) is 0.460. The number of likely N-dealkylation sites (tertiary alicyclic amines) is 1. The minimum Gasteiger partial charge on any atom is -0.339 e. The molecule has 1 aliphatic heterocycles. The first-order chi connectivity index (χ1) is 11.6. The standard InChI is InChI=1S/C18H18BrN3O2/c19-15-6-7-16(20-12-15)21-17(23)13-8-10-22(11-9-13)18(24)14-4-2-1-3-5-14/h1-7,12-13H,8-11H2,(H,20,21,23). The molecular weight excluding hydrogens is 370 g/mol. The molecule has 1 aliphatic rings. The van der Waals surface area contributed by atoms with E-state index in [4.69, 9.17) is 0 Å². The second-order valence-electron chi connectivity index (χ2n) is 5.78. The Morgan fingerprint density at radius 1 is 1.08 bits per heavy atom. The number of carbonyl (C=O) groups excluding carboxylic acids is 2. The number of halogens is 1. The van der Waals surface area contributed by atoms with Crippen LogP contribution < -0.4 is 5.32 Å². The topological polar surface area (TPSA) is 62.3 Å². The molecule has 24 heavy (non-hydrogen) atoms. The van der Waals surface area contributed by atoms with Gasteiger partial charge in [-0.1, -0.05) is 18.2 Å². The Labute approximate surface area is 149 Å². The fourth-order valence-electron chi connectivity index (χ4n) is 2.79. The highest BCUT2D eigenvalue weighted by Gasteiger charge is 2.27.